The summed E-state index contributed by atoms with van der Waals surface area (Å²) in [6, 6.07) is 10.5. The highest BCUT2D eigenvalue weighted by Crippen LogP contribution is 2.29. The molecule has 28 heavy (non-hydrogen) atoms. The van der Waals surface area contributed by atoms with Crippen LogP contribution in [-0.4, -0.2) is 32.1 Å². The number of halogens is 3. The van der Waals surface area contributed by atoms with Gasteiger partial charge in [0.1, 0.15) is 11.8 Å². The molecule has 0 unspecified atom stereocenters. The zero-order valence-corrected chi connectivity index (χ0v) is 15.4. The summed E-state index contributed by atoms with van der Waals surface area (Å²) in [7, 11) is 2.72. The van der Waals surface area contributed by atoms with Gasteiger partial charge in [0.05, 0.1) is 26.2 Å². The van der Waals surface area contributed by atoms with E-state index in [9.17, 15) is 22.8 Å². The van der Waals surface area contributed by atoms with E-state index in [1.165, 1.54) is 26.4 Å². The molecule has 0 aliphatic carbocycles. The molecule has 0 heterocycles. The fourth-order valence-electron chi connectivity index (χ4n) is 2.62. The van der Waals surface area contributed by atoms with Crippen LogP contribution in [0.25, 0.3) is 0 Å². The first-order valence-corrected chi connectivity index (χ1v) is 8.39. The molecular formula is C20H20F3NO4. The first kappa shape index (κ1) is 21.3. The third-order valence-corrected chi connectivity index (χ3v) is 4.04. The molecule has 0 aliphatic rings. The molecule has 0 saturated carbocycles. The summed E-state index contributed by atoms with van der Waals surface area (Å²) in [4.78, 5) is 24.3. The van der Waals surface area contributed by atoms with Gasteiger partial charge in [0.25, 0.3) is 0 Å². The molecule has 0 bridgehead atoms. The summed E-state index contributed by atoms with van der Waals surface area (Å²) in [5, 5.41) is 2.53. The lowest BCUT2D eigenvalue weighted by Gasteiger charge is -2.17. The lowest BCUT2D eigenvalue weighted by atomic mass is 10.0. The quantitative estimate of drug-likeness (QED) is 0.732. The molecule has 2 rings (SSSR count). The number of alkyl halides is 3. The minimum absolute atomic E-state index is 0.172. The van der Waals surface area contributed by atoms with E-state index in [2.05, 4.69) is 5.32 Å². The highest BCUT2D eigenvalue weighted by molar-refractivity contribution is 5.85. The number of amides is 1. The summed E-state index contributed by atoms with van der Waals surface area (Å²) in [6.07, 6.45) is -4.61. The molecular weight excluding hydrogens is 375 g/mol. The van der Waals surface area contributed by atoms with E-state index in [1.807, 2.05) is 0 Å². The highest BCUT2D eigenvalue weighted by Gasteiger charge is 2.30. The number of ether oxygens (including phenoxy) is 2. The summed E-state index contributed by atoms with van der Waals surface area (Å²) >= 11 is 0. The maximum absolute atomic E-state index is 12.8. The zero-order chi connectivity index (χ0) is 20.7. The lowest BCUT2D eigenvalue weighted by molar-refractivity contribution is -0.145. The van der Waals surface area contributed by atoms with Crippen molar-refractivity contribution in [1.29, 1.82) is 0 Å². The normalized spacial score (nSPS) is 12.2. The Morgan fingerprint density at radius 3 is 2.29 bits per heavy atom. The second kappa shape index (κ2) is 9.25. The predicted molar refractivity (Wildman–Crippen MR) is 95.8 cm³/mol. The maximum atomic E-state index is 12.8. The van der Waals surface area contributed by atoms with Gasteiger partial charge >= 0.3 is 12.1 Å². The molecule has 0 fully saturated rings. The van der Waals surface area contributed by atoms with E-state index in [0.717, 1.165) is 17.7 Å². The summed E-state index contributed by atoms with van der Waals surface area (Å²) in [5.41, 5.74) is 0.122. The number of nitrogens with one attached hydrogen (secondary N) is 1. The second-order valence-electron chi connectivity index (χ2n) is 6.07. The number of carbonyl (C=O) groups excluding carboxylic acids is 2. The molecule has 0 aromatic heterocycles. The van der Waals surface area contributed by atoms with Gasteiger partial charge in [-0.25, -0.2) is 4.79 Å². The average molecular weight is 395 g/mol. The molecule has 0 spiro atoms. The third-order valence-electron chi connectivity index (χ3n) is 4.04. The molecule has 0 aliphatic heterocycles. The van der Waals surface area contributed by atoms with Gasteiger partial charge in [-0.15, -0.1) is 0 Å². The fraction of sp³-hybridized carbons (Fsp3) is 0.300. The van der Waals surface area contributed by atoms with Crippen molar-refractivity contribution >= 4 is 11.9 Å². The Bertz CT molecular complexity index is 819. The van der Waals surface area contributed by atoms with Crippen LogP contribution in [0, 0.1) is 0 Å². The smallest absolute Gasteiger partial charge is 0.416 e. The monoisotopic (exact) mass is 395 g/mol. The van der Waals surface area contributed by atoms with Crippen LogP contribution in [0.2, 0.25) is 0 Å². The largest absolute Gasteiger partial charge is 0.497 e. The second-order valence-corrected chi connectivity index (χ2v) is 6.07. The predicted octanol–water partition coefficient (Wildman–Crippen LogP) is 3.16. The number of hydrogen-bond acceptors (Lipinski definition) is 4. The summed E-state index contributed by atoms with van der Waals surface area (Å²) in [6.45, 7) is 0. The van der Waals surface area contributed by atoms with Crippen molar-refractivity contribution in [1.82, 2.24) is 5.32 Å². The van der Waals surface area contributed by atoms with E-state index in [4.69, 9.17) is 9.47 Å². The molecule has 0 radical (unpaired) electrons. The number of methoxy groups -OCH3 is 2. The molecule has 1 N–H and O–H groups in total. The van der Waals surface area contributed by atoms with Crippen LogP contribution in [0.1, 0.15) is 16.7 Å². The number of rotatable bonds is 7. The first-order chi connectivity index (χ1) is 13.2. The van der Waals surface area contributed by atoms with Crippen molar-refractivity contribution in [2.75, 3.05) is 14.2 Å². The van der Waals surface area contributed by atoms with Gasteiger partial charge in [0, 0.05) is 6.42 Å². The minimum Gasteiger partial charge on any atom is -0.497 e. The van der Waals surface area contributed by atoms with Crippen LogP contribution in [-0.2, 0) is 33.3 Å². The van der Waals surface area contributed by atoms with E-state index in [1.54, 1.807) is 24.3 Å². The topological polar surface area (TPSA) is 64.6 Å². The average Bonchev–Trinajstić information content (AvgIpc) is 2.67. The van der Waals surface area contributed by atoms with E-state index >= 15 is 0 Å². The number of hydrogen-bond donors (Lipinski definition) is 1. The molecule has 150 valence electrons. The number of esters is 1. The molecule has 5 nitrogen and oxygen atoms in total. The van der Waals surface area contributed by atoms with Crippen molar-refractivity contribution < 1.29 is 32.2 Å². The minimum atomic E-state index is -4.49. The third kappa shape index (κ3) is 6.00. The van der Waals surface area contributed by atoms with Crippen LogP contribution in [0.4, 0.5) is 13.2 Å². The Hall–Kier alpha value is -3.03. The van der Waals surface area contributed by atoms with Gasteiger partial charge in [0.15, 0.2) is 0 Å². The van der Waals surface area contributed by atoms with Crippen molar-refractivity contribution in [2.45, 2.75) is 25.1 Å². The zero-order valence-electron chi connectivity index (χ0n) is 15.4. The van der Waals surface area contributed by atoms with Crippen LogP contribution in [0.5, 0.6) is 5.75 Å². The number of carbonyl (C=O) groups is 2. The molecule has 2 aromatic rings. The lowest BCUT2D eigenvalue weighted by Crippen LogP contribution is -2.43. The molecule has 1 amide bonds. The highest BCUT2D eigenvalue weighted by atomic mass is 19.4. The maximum Gasteiger partial charge on any atom is 0.416 e. The van der Waals surface area contributed by atoms with E-state index in [-0.39, 0.29) is 18.4 Å². The van der Waals surface area contributed by atoms with E-state index < -0.39 is 29.7 Å². The summed E-state index contributed by atoms with van der Waals surface area (Å²) < 4.78 is 48.2. The Balaban J connectivity index is 2.07. The standard InChI is InChI=1S/C20H20F3NO4/c1-27-16-8-6-13(7-9-16)11-17(19(26)28-2)24-18(25)12-14-4-3-5-15(10-14)20(21,22)23/h3-10,17H,11-12H2,1-2H3,(H,24,25)/t17-/m1/s1. The van der Waals surface area contributed by atoms with Crippen molar-refractivity contribution in [3.8, 4) is 5.75 Å². The number of benzene rings is 2. The van der Waals surface area contributed by atoms with Gasteiger partial charge in [-0.2, -0.15) is 13.2 Å². The molecule has 2 aromatic carbocycles. The Labute approximate surface area is 160 Å². The van der Waals surface area contributed by atoms with Gasteiger partial charge < -0.3 is 14.8 Å². The van der Waals surface area contributed by atoms with Crippen molar-refractivity contribution in [2.24, 2.45) is 0 Å². The van der Waals surface area contributed by atoms with Gasteiger partial charge in [-0.05, 0) is 29.3 Å². The Morgan fingerprint density at radius 1 is 1.04 bits per heavy atom. The van der Waals surface area contributed by atoms with Crippen molar-refractivity contribution in [3.63, 3.8) is 0 Å². The van der Waals surface area contributed by atoms with Gasteiger partial charge in [-0.1, -0.05) is 30.3 Å². The summed E-state index contributed by atoms with van der Waals surface area (Å²) in [5.74, 6) is -0.580. The van der Waals surface area contributed by atoms with Gasteiger partial charge in [-0.3, -0.25) is 4.79 Å². The van der Waals surface area contributed by atoms with Crippen LogP contribution < -0.4 is 10.1 Å². The molecule has 8 heteroatoms. The SMILES string of the molecule is COC(=O)[C@@H](Cc1ccc(OC)cc1)NC(=O)Cc1cccc(C(F)(F)F)c1. The van der Waals surface area contributed by atoms with E-state index in [0.29, 0.717) is 5.75 Å². The van der Waals surface area contributed by atoms with Crippen LogP contribution in [0.3, 0.4) is 0 Å². The van der Waals surface area contributed by atoms with Crippen LogP contribution in [0.15, 0.2) is 48.5 Å². The first-order valence-electron chi connectivity index (χ1n) is 8.39. The fourth-order valence-corrected chi connectivity index (χ4v) is 2.62. The Kier molecular flexibility index (Phi) is 7.03. The molecule has 0 saturated heterocycles. The van der Waals surface area contributed by atoms with Crippen molar-refractivity contribution in [3.05, 3.63) is 65.2 Å². The van der Waals surface area contributed by atoms with Gasteiger partial charge in [0.2, 0.25) is 5.91 Å². The Morgan fingerprint density at radius 2 is 1.71 bits per heavy atom. The van der Waals surface area contributed by atoms with Crippen LogP contribution >= 0.6 is 0 Å². The molecule has 1 atom stereocenters.